The monoisotopic (exact) mass is 356 g/mol. The van der Waals surface area contributed by atoms with Gasteiger partial charge in [0.1, 0.15) is 5.82 Å². The third kappa shape index (κ3) is 3.38. The highest BCUT2D eigenvalue weighted by molar-refractivity contribution is 9.10. The number of rotatable bonds is 4. The summed E-state index contributed by atoms with van der Waals surface area (Å²) >= 11 is 9.13. The number of aryl methyl sites for hydroxylation is 1. The Morgan fingerprint density at radius 3 is 2.75 bits per heavy atom. The van der Waals surface area contributed by atoms with Crippen molar-refractivity contribution in [2.24, 2.45) is 5.84 Å². The van der Waals surface area contributed by atoms with E-state index in [0.29, 0.717) is 16.5 Å². The van der Waals surface area contributed by atoms with E-state index < -0.39 is 5.82 Å². The number of benzene rings is 2. The average molecular weight is 358 g/mol. The molecular weight excluding hydrogens is 343 g/mol. The molecule has 20 heavy (non-hydrogen) atoms. The Bertz CT molecular complexity index is 619. The third-order valence-electron chi connectivity index (χ3n) is 3.16. The van der Waals surface area contributed by atoms with E-state index in [9.17, 15) is 4.39 Å². The summed E-state index contributed by atoms with van der Waals surface area (Å²) in [6.07, 6.45) is 0.590. The van der Waals surface area contributed by atoms with E-state index >= 15 is 0 Å². The second kappa shape index (κ2) is 6.68. The van der Waals surface area contributed by atoms with Gasteiger partial charge >= 0.3 is 0 Å². The van der Waals surface area contributed by atoms with Crippen molar-refractivity contribution in [3.05, 3.63) is 68.4 Å². The van der Waals surface area contributed by atoms with Crippen molar-refractivity contribution < 1.29 is 4.39 Å². The quantitative estimate of drug-likeness (QED) is 0.486. The van der Waals surface area contributed by atoms with E-state index in [-0.39, 0.29) is 11.1 Å². The molecule has 0 saturated heterocycles. The highest BCUT2D eigenvalue weighted by Crippen LogP contribution is 2.31. The van der Waals surface area contributed by atoms with Crippen molar-refractivity contribution in [2.45, 2.75) is 19.4 Å². The summed E-state index contributed by atoms with van der Waals surface area (Å²) in [6.45, 7) is 2.02. The van der Waals surface area contributed by atoms with E-state index in [4.69, 9.17) is 17.4 Å². The Kier molecular flexibility index (Phi) is 5.16. The second-order valence-electron chi connectivity index (χ2n) is 4.68. The SMILES string of the molecule is Cc1cccc(CC(NN)c2ccc(Br)c(Cl)c2F)c1. The van der Waals surface area contributed by atoms with Crippen molar-refractivity contribution in [2.75, 3.05) is 0 Å². The maximum Gasteiger partial charge on any atom is 0.147 e. The molecule has 0 saturated carbocycles. The number of hydrogen-bond acceptors (Lipinski definition) is 2. The van der Waals surface area contributed by atoms with Gasteiger partial charge in [0, 0.05) is 10.0 Å². The van der Waals surface area contributed by atoms with Gasteiger partial charge in [-0.25, -0.2) is 4.39 Å². The van der Waals surface area contributed by atoms with Crippen molar-refractivity contribution in [1.29, 1.82) is 0 Å². The molecule has 0 amide bonds. The zero-order valence-corrected chi connectivity index (χ0v) is 13.3. The molecule has 5 heteroatoms. The van der Waals surface area contributed by atoms with Gasteiger partial charge in [-0.1, -0.05) is 47.5 Å². The number of nitrogens with two attached hydrogens (primary N) is 1. The van der Waals surface area contributed by atoms with E-state index in [1.165, 1.54) is 0 Å². The lowest BCUT2D eigenvalue weighted by atomic mass is 9.98. The van der Waals surface area contributed by atoms with Gasteiger partial charge in [-0.15, -0.1) is 0 Å². The van der Waals surface area contributed by atoms with Crippen LogP contribution in [0.1, 0.15) is 22.7 Å². The largest absolute Gasteiger partial charge is 0.271 e. The number of nitrogens with one attached hydrogen (secondary N) is 1. The molecule has 0 aromatic heterocycles. The lowest BCUT2D eigenvalue weighted by Crippen LogP contribution is -2.30. The van der Waals surface area contributed by atoms with Gasteiger partial charge < -0.3 is 0 Å². The van der Waals surface area contributed by atoms with Crippen LogP contribution in [0, 0.1) is 12.7 Å². The van der Waals surface area contributed by atoms with Crippen molar-refractivity contribution in [3.63, 3.8) is 0 Å². The summed E-state index contributed by atoms with van der Waals surface area (Å²) < 4.78 is 14.8. The van der Waals surface area contributed by atoms with Crippen LogP contribution in [-0.4, -0.2) is 0 Å². The van der Waals surface area contributed by atoms with Crippen LogP contribution < -0.4 is 11.3 Å². The Labute approximate surface area is 131 Å². The fraction of sp³-hybridized carbons (Fsp3) is 0.200. The summed E-state index contributed by atoms with van der Waals surface area (Å²) in [5.41, 5.74) is 5.37. The number of hydrazine groups is 1. The predicted octanol–water partition coefficient (Wildman–Crippen LogP) is 4.30. The summed E-state index contributed by atoms with van der Waals surface area (Å²) in [5, 5.41) is 0.0759. The first-order valence-electron chi connectivity index (χ1n) is 6.18. The molecular formula is C15H15BrClFN2. The van der Waals surface area contributed by atoms with Gasteiger partial charge in [0.05, 0.1) is 11.1 Å². The fourth-order valence-corrected chi connectivity index (χ4v) is 2.62. The van der Waals surface area contributed by atoms with E-state index in [0.717, 1.165) is 11.1 Å². The minimum Gasteiger partial charge on any atom is -0.271 e. The molecule has 0 fully saturated rings. The van der Waals surface area contributed by atoms with Gasteiger partial charge in [0.15, 0.2) is 0 Å². The van der Waals surface area contributed by atoms with Gasteiger partial charge in [-0.2, -0.15) is 0 Å². The summed E-state index contributed by atoms with van der Waals surface area (Å²) in [5.74, 6) is 5.13. The molecule has 0 radical (unpaired) electrons. The van der Waals surface area contributed by atoms with Crippen LogP contribution in [0.4, 0.5) is 4.39 Å². The smallest absolute Gasteiger partial charge is 0.147 e. The minimum atomic E-state index is -0.448. The minimum absolute atomic E-state index is 0.0759. The zero-order valence-electron chi connectivity index (χ0n) is 11.0. The van der Waals surface area contributed by atoms with Gasteiger partial charge in [-0.05, 0) is 40.9 Å². The Morgan fingerprint density at radius 2 is 2.10 bits per heavy atom. The molecule has 0 aliphatic carbocycles. The summed E-state index contributed by atoms with van der Waals surface area (Å²) in [7, 11) is 0. The molecule has 2 aromatic rings. The molecule has 0 aliphatic rings. The van der Waals surface area contributed by atoms with Gasteiger partial charge in [-0.3, -0.25) is 11.3 Å². The fourth-order valence-electron chi connectivity index (χ4n) is 2.14. The van der Waals surface area contributed by atoms with Crippen LogP contribution in [0.25, 0.3) is 0 Å². The van der Waals surface area contributed by atoms with E-state index in [2.05, 4.69) is 27.4 Å². The van der Waals surface area contributed by atoms with Gasteiger partial charge in [0.2, 0.25) is 0 Å². The zero-order chi connectivity index (χ0) is 14.7. The molecule has 0 aliphatic heterocycles. The van der Waals surface area contributed by atoms with Crippen LogP contribution in [0.15, 0.2) is 40.9 Å². The molecule has 0 bridgehead atoms. The molecule has 2 aromatic carbocycles. The molecule has 0 spiro atoms. The van der Waals surface area contributed by atoms with Gasteiger partial charge in [0.25, 0.3) is 0 Å². The maximum absolute atomic E-state index is 14.2. The highest BCUT2D eigenvalue weighted by atomic mass is 79.9. The molecule has 1 atom stereocenters. The second-order valence-corrected chi connectivity index (χ2v) is 5.91. The van der Waals surface area contributed by atoms with Crippen LogP contribution in [0.2, 0.25) is 5.02 Å². The van der Waals surface area contributed by atoms with Crippen molar-refractivity contribution in [1.82, 2.24) is 5.43 Å². The predicted molar refractivity (Wildman–Crippen MR) is 84.1 cm³/mol. The normalized spacial score (nSPS) is 12.4. The average Bonchev–Trinajstić information content (AvgIpc) is 2.43. The summed E-state index contributed by atoms with van der Waals surface area (Å²) in [6, 6.07) is 11.1. The van der Waals surface area contributed by atoms with Crippen LogP contribution in [0.3, 0.4) is 0 Å². The number of halogens is 3. The summed E-state index contributed by atoms with van der Waals surface area (Å²) in [4.78, 5) is 0. The molecule has 106 valence electrons. The van der Waals surface area contributed by atoms with Crippen LogP contribution >= 0.6 is 27.5 Å². The molecule has 3 N–H and O–H groups in total. The van der Waals surface area contributed by atoms with Crippen molar-refractivity contribution in [3.8, 4) is 0 Å². The maximum atomic E-state index is 14.2. The van der Waals surface area contributed by atoms with Crippen LogP contribution in [-0.2, 0) is 6.42 Å². The first-order chi connectivity index (χ1) is 9.52. The topological polar surface area (TPSA) is 38.0 Å². The lowest BCUT2D eigenvalue weighted by Gasteiger charge is -2.18. The first kappa shape index (κ1) is 15.4. The lowest BCUT2D eigenvalue weighted by molar-refractivity contribution is 0.510. The first-order valence-corrected chi connectivity index (χ1v) is 7.35. The molecule has 0 heterocycles. The van der Waals surface area contributed by atoms with Crippen LogP contribution in [0.5, 0.6) is 0 Å². The molecule has 2 nitrogen and oxygen atoms in total. The van der Waals surface area contributed by atoms with Crippen molar-refractivity contribution >= 4 is 27.5 Å². The standard InChI is InChI=1S/C15H15BrClFN2/c1-9-3-2-4-10(7-9)8-13(20-19)11-5-6-12(16)14(17)15(11)18/h2-7,13,20H,8,19H2,1H3. The third-order valence-corrected chi connectivity index (χ3v) is 4.42. The van der Waals surface area contributed by atoms with E-state index in [1.807, 2.05) is 25.1 Å². The molecule has 1 unspecified atom stereocenters. The molecule has 2 rings (SSSR count). The highest BCUT2D eigenvalue weighted by Gasteiger charge is 2.18. The van der Waals surface area contributed by atoms with E-state index in [1.54, 1.807) is 12.1 Å². The Morgan fingerprint density at radius 1 is 1.35 bits per heavy atom. The number of hydrogen-bond donors (Lipinski definition) is 2. The Hall–Kier alpha value is -0.940. The Balaban J connectivity index is 2.31.